The number of anilines is 2. The number of amides is 1. The predicted octanol–water partition coefficient (Wildman–Crippen LogP) is 2.64. The highest BCUT2D eigenvalue weighted by atomic mass is 79.9. The first kappa shape index (κ1) is 13.5. The van der Waals surface area contributed by atoms with Crippen LogP contribution in [0.25, 0.3) is 0 Å². The molecule has 0 saturated carbocycles. The SMILES string of the molecule is Cc1ccc(CNc2cc(C(N)=O)c(N)cc2Br)o1. The molecular weight excluding hydrogens is 310 g/mol. The first-order valence-corrected chi connectivity index (χ1v) is 6.44. The quantitative estimate of drug-likeness (QED) is 0.754. The second-order valence-electron chi connectivity index (χ2n) is 4.15. The van der Waals surface area contributed by atoms with E-state index in [0.29, 0.717) is 17.8 Å². The number of aryl methyl sites for hydroxylation is 1. The average molecular weight is 324 g/mol. The molecule has 19 heavy (non-hydrogen) atoms. The van der Waals surface area contributed by atoms with Crippen LogP contribution >= 0.6 is 15.9 Å². The van der Waals surface area contributed by atoms with Gasteiger partial charge in [-0.25, -0.2) is 0 Å². The predicted molar refractivity (Wildman–Crippen MR) is 77.8 cm³/mol. The minimum Gasteiger partial charge on any atom is -0.465 e. The van der Waals surface area contributed by atoms with Gasteiger partial charge in [-0.2, -0.15) is 0 Å². The molecular formula is C13H14BrN3O2. The summed E-state index contributed by atoms with van der Waals surface area (Å²) in [4.78, 5) is 11.2. The van der Waals surface area contributed by atoms with Crippen molar-refractivity contribution in [3.05, 3.63) is 45.8 Å². The largest absolute Gasteiger partial charge is 0.465 e. The van der Waals surface area contributed by atoms with E-state index in [-0.39, 0.29) is 0 Å². The third-order valence-corrected chi connectivity index (χ3v) is 3.31. The number of carbonyl (C=O) groups is 1. The average Bonchev–Trinajstić information content (AvgIpc) is 2.73. The molecule has 0 spiro atoms. The summed E-state index contributed by atoms with van der Waals surface area (Å²) in [6.07, 6.45) is 0. The van der Waals surface area contributed by atoms with Crippen molar-refractivity contribution in [2.24, 2.45) is 5.73 Å². The second-order valence-corrected chi connectivity index (χ2v) is 5.00. The molecule has 5 N–H and O–H groups in total. The number of rotatable bonds is 4. The minimum absolute atomic E-state index is 0.293. The summed E-state index contributed by atoms with van der Waals surface area (Å²) in [6.45, 7) is 2.39. The van der Waals surface area contributed by atoms with E-state index in [1.54, 1.807) is 12.1 Å². The van der Waals surface area contributed by atoms with Crippen molar-refractivity contribution in [3.63, 3.8) is 0 Å². The number of nitrogens with two attached hydrogens (primary N) is 2. The normalized spacial score (nSPS) is 10.4. The Hall–Kier alpha value is -1.95. The Morgan fingerprint density at radius 3 is 2.74 bits per heavy atom. The number of nitrogens with one attached hydrogen (secondary N) is 1. The van der Waals surface area contributed by atoms with Crippen molar-refractivity contribution < 1.29 is 9.21 Å². The van der Waals surface area contributed by atoms with Crippen LogP contribution in [-0.4, -0.2) is 5.91 Å². The maximum absolute atomic E-state index is 11.2. The lowest BCUT2D eigenvalue weighted by Crippen LogP contribution is -2.14. The van der Waals surface area contributed by atoms with E-state index < -0.39 is 5.91 Å². The summed E-state index contributed by atoms with van der Waals surface area (Å²) < 4.78 is 6.21. The number of carbonyl (C=O) groups excluding carboxylic acids is 1. The fraction of sp³-hybridized carbons (Fsp3) is 0.154. The topological polar surface area (TPSA) is 94.3 Å². The van der Waals surface area contributed by atoms with Gasteiger partial charge in [0.25, 0.3) is 5.91 Å². The van der Waals surface area contributed by atoms with Crippen molar-refractivity contribution in [3.8, 4) is 0 Å². The lowest BCUT2D eigenvalue weighted by molar-refractivity contribution is 0.100. The molecule has 1 heterocycles. The molecule has 0 radical (unpaired) electrons. The molecule has 0 atom stereocenters. The molecule has 6 heteroatoms. The Morgan fingerprint density at radius 1 is 1.42 bits per heavy atom. The van der Waals surface area contributed by atoms with E-state index in [1.165, 1.54) is 0 Å². The standard InChI is InChI=1S/C13H14BrN3O2/c1-7-2-3-8(19-7)6-17-12-4-9(13(16)18)11(15)5-10(12)14/h2-5,17H,6,15H2,1H3,(H2,16,18). The van der Waals surface area contributed by atoms with E-state index in [1.807, 2.05) is 19.1 Å². The van der Waals surface area contributed by atoms with Crippen molar-refractivity contribution in [2.75, 3.05) is 11.1 Å². The lowest BCUT2D eigenvalue weighted by Gasteiger charge is -2.10. The first-order chi connectivity index (χ1) is 8.97. The Morgan fingerprint density at radius 2 is 2.16 bits per heavy atom. The highest BCUT2D eigenvalue weighted by molar-refractivity contribution is 9.10. The van der Waals surface area contributed by atoms with Gasteiger partial charge in [0.1, 0.15) is 11.5 Å². The van der Waals surface area contributed by atoms with Gasteiger partial charge in [-0.1, -0.05) is 0 Å². The number of benzene rings is 1. The maximum Gasteiger partial charge on any atom is 0.250 e. The van der Waals surface area contributed by atoms with Crippen molar-refractivity contribution in [2.45, 2.75) is 13.5 Å². The van der Waals surface area contributed by atoms with Crippen LogP contribution in [0.15, 0.2) is 33.2 Å². The zero-order chi connectivity index (χ0) is 14.0. The van der Waals surface area contributed by atoms with E-state index in [4.69, 9.17) is 15.9 Å². The van der Waals surface area contributed by atoms with Gasteiger partial charge in [-0.3, -0.25) is 4.79 Å². The number of halogens is 1. The van der Waals surface area contributed by atoms with Crippen LogP contribution in [0.3, 0.4) is 0 Å². The molecule has 0 bridgehead atoms. The third-order valence-electron chi connectivity index (χ3n) is 2.65. The van der Waals surface area contributed by atoms with Gasteiger partial charge in [0.2, 0.25) is 0 Å². The van der Waals surface area contributed by atoms with Gasteiger partial charge in [0, 0.05) is 15.8 Å². The van der Waals surface area contributed by atoms with Crippen LogP contribution in [0.4, 0.5) is 11.4 Å². The van der Waals surface area contributed by atoms with Gasteiger partial charge in [-0.15, -0.1) is 0 Å². The van der Waals surface area contributed by atoms with E-state index in [9.17, 15) is 4.79 Å². The number of nitrogen functional groups attached to an aromatic ring is 1. The fourth-order valence-corrected chi connectivity index (χ4v) is 2.20. The van der Waals surface area contributed by atoms with Gasteiger partial charge in [-0.05, 0) is 47.1 Å². The number of primary amides is 1. The van der Waals surface area contributed by atoms with E-state index in [0.717, 1.165) is 21.7 Å². The van der Waals surface area contributed by atoms with Gasteiger partial charge in [0.15, 0.2) is 0 Å². The number of hydrogen-bond donors (Lipinski definition) is 3. The summed E-state index contributed by atoms with van der Waals surface area (Å²) in [5, 5.41) is 3.16. The molecule has 0 saturated heterocycles. The molecule has 0 aliphatic heterocycles. The summed E-state index contributed by atoms with van der Waals surface area (Å²) >= 11 is 3.38. The zero-order valence-corrected chi connectivity index (χ0v) is 12.0. The van der Waals surface area contributed by atoms with Crippen LogP contribution < -0.4 is 16.8 Å². The van der Waals surface area contributed by atoms with E-state index in [2.05, 4.69) is 21.2 Å². The molecule has 0 aliphatic rings. The molecule has 0 unspecified atom stereocenters. The fourth-order valence-electron chi connectivity index (χ4n) is 1.70. The molecule has 1 aromatic carbocycles. The van der Waals surface area contributed by atoms with Gasteiger partial charge < -0.3 is 21.2 Å². The van der Waals surface area contributed by atoms with Crippen LogP contribution in [0.1, 0.15) is 21.9 Å². The molecule has 0 aliphatic carbocycles. The highest BCUT2D eigenvalue weighted by Crippen LogP contribution is 2.28. The lowest BCUT2D eigenvalue weighted by atomic mass is 10.1. The molecule has 5 nitrogen and oxygen atoms in total. The first-order valence-electron chi connectivity index (χ1n) is 5.65. The van der Waals surface area contributed by atoms with Crippen LogP contribution in [0, 0.1) is 6.92 Å². The summed E-state index contributed by atoms with van der Waals surface area (Å²) in [5.74, 6) is 1.11. The third kappa shape index (κ3) is 3.08. The molecule has 2 aromatic rings. The Bertz CT molecular complexity index is 622. The van der Waals surface area contributed by atoms with E-state index >= 15 is 0 Å². The maximum atomic E-state index is 11.2. The zero-order valence-electron chi connectivity index (χ0n) is 10.4. The molecule has 1 aromatic heterocycles. The number of hydrogen-bond acceptors (Lipinski definition) is 4. The minimum atomic E-state index is -0.554. The van der Waals surface area contributed by atoms with Gasteiger partial charge >= 0.3 is 0 Å². The molecule has 1 amide bonds. The number of furan rings is 1. The Balaban J connectivity index is 2.20. The van der Waals surface area contributed by atoms with Crippen LogP contribution in [0.2, 0.25) is 0 Å². The molecule has 2 rings (SSSR count). The van der Waals surface area contributed by atoms with Crippen molar-refractivity contribution >= 4 is 33.2 Å². The molecule has 0 fully saturated rings. The van der Waals surface area contributed by atoms with Gasteiger partial charge in [0.05, 0.1) is 12.1 Å². The Kier molecular flexibility index (Phi) is 3.80. The van der Waals surface area contributed by atoms with Crippen molar-refractivity contribution in [1.82, 2.24) is 0 Å². The molecule has 100 valence electrons. The summed E-state index contributed by atoms with van der Waals surface area (Å²) in [5.41, 5.74) is 12.4. The van der Waals surface area contributed by atoms with Crippen LogP contribution in [-0.2, 0) is 6.54 Å². The summed E-state index contributed by atoms with van der Waals surface area (Å²) in [7, 11) is 0. The second kappa shape index (κ2) is 5.36. The monoisotopic (exact) mass is 323 g/mol. The van der Waals surface area contributed by atoms with Crippen molar-refractivity contribution in [1.29, 1.82) is 0 Å². The summed E-state index contributed by atoms with van der Waals surface area (Å²) in [6, 6.07) is 7.06. The van der Waals surface area contributed by atoms with Crippen LogP contribution in [0.5, 0.6) is 0 Å². The smallest absolute Gasteiger partial charge is 0.250 e. The Labute approximate surface area is 119 Å². The highest BCUT2D eigenvalue weighted by Gasteiger charge is 2.10.